The van der Waals surface area contributed by atoms with Gasteiger partial charge in [-0.05, 0) is 40.2 Å². The average molecular weight is 352 g/mol. The highest BCUT2D eigenvalue weighted by Gasteiger charge is 2.26. The van der Waals surface area contributed by atoms with Crippen molar-refractivity contribution < 1.29 is 14.3 Å². The van der Waals surface area contributed by atoms with E-state index >= 15 is 0 Å². The van der Waals surface area contributed by atoms with Crippen LogP contribution in [0.5, 0.6) is 0 Å². The topological polar surface area (TPSA) is 72.1 Å². The minimum absolute atomic E-state index is 0.0426. The standard InChI is InChI=1S/C16H20N2O3S2/c1-6-21-15(20)12-9(3)13(18-10(12)4)14(19)11(5)23-16-17-8(2)7-22-16/h7,11,18H,6H2,1-5H3. The average Bonchev–Trinajstić information content (AvgIpc) is 3.01. The van der Waals surface area contributed by atoms with E-state index in [1.807, 2.05) is 19.2 Å². The normalized spacial score (nSPS) is 12.2. The molecule has 2 heterocycles. The van der Waals surface area contributed by atoms with Crippen LogP contribution in [-0.2, 0) is 4.74 Å². The van der Waals surface area contributed by atoms with E-state index in [1.165, 1.54) is 23.1 Å². The van der Waals surface area contributed by atoms with Gasteiger partial charge in [-0.1, -0.05) is 11.8 Å². The van der Waals surface area contributed by atoms with E-state index in [0.717, 1.165) is 10.0 Å². The third-order valence-corrected chi connectivity index (χ3v) is 5.60. The van der Waals surface area contributed by atoms with E-state index in [0.29, 0.717) is 29.1 Å². The molecule has 5 nitrogen and oxygen atoms in total. The van der Waals surface area contributed by atoms with Crippen LogP contribution < -0.4 is 0 Å². The highest BCUT2D eigenvalue weighted by atomic mass is 32.2. The Kier molecular flexibility index (Phi) is 5.64. The molecule has 7 heteroatoms. The zero-order chi connectivity index (χ0) is 17.1. The lowest BCUT2D eigenvalue weighted by Gasteiger charge is -2.08. The number of aromatic nitrogens is 2. The number of nitrogens with one attached hydrogen (secondary N) is 1. The highest BCUT2D eigenvalue weighted by molar-refractivity contribution is 8.02. The van der Waals surface area contributed by atoms with Crippen LogP contribution in [0.3, 0.4) is 0 Å². The number of carbonyl (C=O) groups excluding carboxylic acids is 2. The second kappa shape index (κ2) is 7.31. The van der Waals surface area contributed by atoms with Crippen molar-refractivity contribution in [3.8, 4) is 0 Å². The molecule has 2 aromatic heterocycles. The Bertz CT molecular complexity index is 734. The number of carbonyl (C=O) groups is 2. The number of rotatable bonds is 6. The van der Waals surface area contributed by atoms with Crippen molar-refractivity contribution in [3.63, 3.8) is 0 Å². The van der Waals surface area contributed by atoms with Gasteiger partial charge in [-0.3, -0.25) is 4.79 Å². The molecule has 0 saturated heterocycles. The van der Waals surface area contributed by atoms with Gasteiger partial charge in [0.25, 0.3) is 0 Å². The molecule has 0 fully saturated rings. The summed E-state index contributed by atoms with van der Waals surface area (Å²) in [5.74, 6) is -0.437. The third kappa shape index (κ3) is 3.84. The number of hydrogen-bond acceptors (Lipinski definition) is 6. The first-order valence-corrected chi connectivity index (χ1v) is 9.10. The minimum Gasteiger partial charge on any atom is -0.462 e. The molecule has 124 valence electrons. The number of aromatic amines is 1. The Morgan fingerprint density at radius 1 is 1.39 bits per heavy atom. The molecule has 0 bridgehead atoms. The van der Waals surface area contributed by atoms with Gasteiger partial charge in [0.1, 0.15) is 0 Å². The molecule has 0 spiro atoms. The third-order valence-electron chi connectivity index (χ3n) is 3.41. The van der Waals surface area contributed by atoms with Crippen LogP contribution in [0.15, 0.2) is 9.72 Å². The maximum Gasteiger partial charge on any atom is 0.340 e. The van der Waals surface area contributed by atoms with Gasteiger partial charge in [0.2, 0.25) is 0 Å². The summed E-state index contributed by atoms with van der Waals surface area (Å²) >= 11 is 2.96. The number of Topliss-reactive ketones (excluding diaryl/α,β-unsaturated/α-hetero) is 1. The molecule has 0 amide bonds. The fourth-order valence-corrected chi connectivity index (χ4v) is 4.34. The first-order chi connectivity index (χ1) is 10.8. The molecule has 2 aromatic rings. The summed E-state index contributed by atoms with van der Waals surface area (Å²) in [5.41, 5.74) is 3.19. The van der Waals surface area contributed by atoms with Gasteiger partial charge in [-0.25, -0.2) is 9.78 Å². The summed E-state index contributed by atoms with van der Waals surface area (Å²) in [6, 6.07) is 0. The monoisotopic (exact) mass is 352 g/mol. The first-order valence-electron chi connectivity index (χ1n) is 7.34. The molecular weight excluding hydrogens is 332 g/mol. The Labute approximate surface area is 143 Å². The fraction of sp³-hybridized carbons (Fsp3) is 0.438. The molecule has 1 unspecified atom stereocenters. The number of nitrogens with zero attached hydrogens (tertiary/aromatic N) is 1. The lowest BCUT2D eigenvalue weighted by molar-refractivity contribution is 0.0525. The summed E-state index contributed by atoms with van der Waals surface area (Å²) in [5, 5.41) is 1.68. The van der Waals surface area contributed by atoms with E-state index < -0.39 is 5.97 Å². The van der Waals surface area contributed by atoms with Gasteiger partial charge in [0, 0.05) is 16.8 Å². The molecule has 1 N–H and O–H groups in total. The molecule has 1 atom stereocenters. The number of ketones is 1. The van der Waals surface area contributed by atoms with Crippen LogP contribution >= 0.6 is 23.1 Å². The number of H-pyrrole nitrogens is 1. The van der Waals surface area contributed by atoms with Gasteiger partial charge >= 0.3 is 5.97 Å². The van der Waals surface area contributed by atoms with Crippen molar-refractivity contribution >= 4 is 34.9 Å². The van der Waals surface area contributed by atoms with Gasteiger partial charge in [0.15, 0.2) is 10.1 Å². The van der Waals surface area contributed by atoms with E-state index in [9.17, 15) is 9.59 Å². The first kappa shape index (κ1) is 17.7. The maximum absolute atomic E-state index is 12.7. The zero-order valence-corrected chi connectivity index (χ0v) is 15.5. The number of thioether (sulfide) groups is 1. The summed E-state index contributed by atoms with van der Waals surface area (Å²) in [6.45, 7) is 9.39. The second-order valence-electron chi connectivity index (χ2n) is 5.22. The van der Waals surface area contributed by atoms with E-state index in [2.05, 4.69) is 9.97 Å². The minimum atomic E-state index is -0.395. The van der Waals surface area contributed by atoms with Crippen LogP contribution in [0.2, 0.25) is 0 Å². The van der Waals surface area contributed by atoms with E-state index in [-0.39, 0.29) is 11.0 Å². The summed E-state index contributed by atoms with van der Waals surface area (Å²) in [4.78, 5) is 32.1. The molecule has 0 saturated carbocycles. The number of thiazole rings is 1. The molecule has 0 aliphatic heterocycles. The molecule has 0 aliphatic carbocycles. The lowest BCUT2D eigenvalue weighted by Crippen LogP contribution is -2.15. The SMILES string of the molecule is CCOC(=O)c1c(C)[nH]c(C(=O)C(C)Sc2nc(C)cs2)c1C. The predicted molar refractivity (Wildman–Crippen MR) is 92.7 cm³/mol. The quantitative estimate of drug-likeness (QED) is 0.484. The van der Waals surface area contributed by atoms with Gasteiger partial charge < -0.3 is 9.72 Å². The molecule has 0 radical (unpaired) electrons. The van der Waals surface area contributed by atoms with Crippen molar-refractivity contribution in [1.29, 1.82) is 0 Å². The second-order valence-corrected chi connectivity index (χ2v) is 7.67. The van der Waals surface area contributed by atoms with Crippen LogP contribution in [-0.4, -0.2) is 33.6 Å². The van der Waals surface area contributed by atoms with Gasteiger partial charge in [-0.2, -0.15) is 0 Å². The molecule has 2 rings (SSSR count). The number of esters is 1. The molecule has 23 heavy (non-hydrogen) atoms. The zero-order valence-electron chi connectivity index (χ0n) is 13.9. The number of ether oxygens (including phenoxy) is 1. The van der Waals surface area contributed by atoms with E-state index in [1.54, 1.807) is 20.8 Å². The van der Waals surface area contributed by atoms with Crippen molar-refractivity contribution in [2.75, 3.05) is 6.61 Å². The predicted octanol–water partition coefficient (Wildman–Crippen LogP) is 3.94. The number of aryl methyl sites for hydroxylation is 2. The van der Waals surface area contributed by atoms with Crippen molar-refractivity contribution in [2.24, 2.45) is 0 Å². The van der Waals surface area contributed by atoms with Crippen LogP contribution in [0, 0.1) is 20.8 Å². The number of hydrogen-bond donors (Lipinski definition) is 1. The molecular formula is C16H20N2O3S2. The Morgan fingerprint density at radius 3 is 2.65 bits per heavy atom. The van der Waals surface area contributed by atoms with Gasteiger partial charge in [-0.15, -0.1) is 11.3 Å². The summed E-state index contributed by atoms with van der Waals surface area (Å²) < 4.78 is 5.93. The van der Waals surface area contributed by atoms with Gasteiger partial charge in [0.05, 0.1) is 23.1 Å². The highest BCUT2D eigenvalue weighted by Crippen LogP contribution is 2.30. The van der Waals surface area contributed by atoms with Crippen molar-refractivity contribution in [1.82, 2.24) is 9.97 Å². The summed E-state index contributed by atoms with van der Waals surface area (Å²) in [6.07, 6.45) is 0. The molecule has 0 aromatic carbocycles. The smallest absolute Gasteiger partial charge is 0.340 e. The Morgan fingerprint density at radius 2 is 2.09 bits per heavy atom. The van der Waals surface area contributed by atoms with E-state index in [4.69, 9.17) is 4.74 Å². The maximum atomic E-state index is 12.7. The Balaban J connectivity index is 2.22. The lowest BCUT2D eigenvalue weighted by atomic mass is 10.1. The fourth-order valence-electron chi connectivity index (χ4n) is 2.30. The summed E-state index contributed by atoms with van der Waals surface area (Å²) in [7, 11) is 0. The van der Waals surface area contributed by atoms with Crippen LogP contribution in [0.25, 0.3) is 0 Å². The molecule has 0 aliphatic rings. The Hall–Kier alpha value is -1.60. The van der Waals surface area contributed by atoms with Crippen LogP contribution in [0.1, 0.15) is 51.6 Å². The van der Waals surface area contributed by atoms with Crippen LogP contribution in [0.4, 0.5) is 0 Å². The van der Waals surface area contributed by atoms with Crippen molar-refractivity contribution in [3.05, 3.63) is 33.6 Å². The van der Waals surface area contributed by atoms with Crippen molar-refractivity contribution in [2.45, 2.75) is 44.2 Å². The largest absolute Gasteiger partial charge is 0.462 e.